The highest BCUT2D eigenvalue weighted by Gasteiger charge is 2.14. The summed E-state index contributed by atoms with van der Waals surface area (Å²) in [5.41, 5.74) is 29.2. The highest BCUT2D eigenvalue weighted by molar-refractivity contribution is 7.80. The van der Waals surface area contributed by atoms with Crippen molar-refractivity contribution in [3.05, 3.63) is 125 Å². The van der Waals surface area contributed by atoms with Crippen molar-refractivity contribution in [2.45, 2.75) is 400 Å². The lowest BCUT2D eigenvalue weighted by molar-refractivity contribution is -0.134. The van der Waals surface area contributed by atoms with Gasteiger partial charge in [0.15, 0.2) is 27.7 Å². The number of benzene rings is 5. The van der Waals surface area contributed by atoms with Crippen molar-refractivity contribution < 1.29 is 19.5 Å². The van der Waals surface area contributed by atoms with Gasteiger partial charge >= 0.3 is 0 Å². The normalized spacial score (nSPS) is 10.9. The molecule has 0 aliphatic heterocycles. The Bertz CT molecular complexity index is 3430. The Balaban J connectivity index is 0.000000394. The lowest BCUT2D eigenvalue weighted by Gasteiger charge is -2.05. The predicted octanol–water partition coefficient (Wildman–Crippen LogP) is 31.1. The third-order valence-electron chi connectivity index (χ3n) is 20.8. The molecule has 0 aliphatic rings. The van der Waals surface area contributed by atoms with Gasteiger partial charge < -0.3 is 22.3 Å². The van der Waals surface area contributed by atoms with Crippen molar-refractivity contribution in [1.82, 2.24) is 15.0 Å². The number of thiazole rings is 3. The number of aliphatic carboxylic acids is 1. The van der Waals surface area contributed by atoms with Gasteiger partial charge in [0, 0.05) is 23.2 Å². The smallest absolute Gasteiger partial charge is 0.300 e. The zero-order valence-corrected chi connectivity index (χ0v) is 74.0. The van der Waals surface area contributed by atoms with Gasteiger partial charge in [0.05, 0.1) is 30.6 Å². The summed E-state index contributed by atoms with van der Waals surface area (Å²) in [7, 11) is 0. The van der Waals surface area contributed by atoms with E-state index in [2.05, 4.69) is 131 Å². The van der Waals surface area contributed by atoms with Crippen LogP contribution in [0.4, 0.5) is 16.5 Å². The molecule has 111 heavy (non-hydrogen) atoms. The molecule has 0 saturated heterocycles. The Labute approximate surface area is 693 Å². The van der Waals surface area contributed by atoms with E-state index in [0.717, 1.165) is 56.2 Å². The number of anilines is 3. The van der Waals surface area contributed by atoms with E-state index in [1.54, 1.807) is 11.3 Å². The molecule has 0 atom stereocenters. The van der Waals surface area contributed by atoms with Gasteiger partial charge in [-0.05, 0) is 153 Å². The number of aromatic nitrogens is 3. The molecule has 0 fully saturated rings. The molecule has 7 N–H and O–H groups in total. The number of thiol groups is 1. The average molecular weight is 1600 g/mol. The summed E-state index contributed by atoms with van der Waals surface area (Å²) in [4.78, 5) is 41.8. The molecule has 3 aromatic heterocycles. The maximum Gasteiger partial charge on any atom is 0.300 e. The van der Waals surface area contributed by atoms with Gasteiger partial charge in [0.2, 0.25) is 0 Å². The van der Waals surface area contributed by atoms with Gasteiger partial charge in [-0.15, -0.1) is 35.3 Å². The number of hydrogen-bond acceptors (Lipinski definition) is 13. The van der Waals surface area contributed by atoms with Gasteiger partial charge in [-0.2, -0.15) is 0 Å². The standard InChI is InChI=1S/C38H56N2S2.C19H30N2S.C18H31NS.C18H31N.C2H4O2.C2H2O2/c1-3-5-7-9-11-13-15-17-19-21-23-31-25-27-33-35(29-31)41-37(39-33)38-40-34-28-26-32(30-36(34)42-38)24-22-20-18-16-14-12-10-8-6-4-2;1-2-3-4-5-6-7-8-9-10-11-12-16-13-14-17-18(15-16)22-19(20)21-17;1-2-3-4-5-6-7-8-9-10-11-12-16-13-14-17(19)18(20)15-16;1-2-3-4-5-6-7-8-9-10-11-12-17-13-15-18(19)16-14-17;1-2(3)4;3-1-2-4/h25-30H,3-24H2,1-2H3;13-15H,2-12H2,1H3,(H2,20,21);13-15,20H,2-12,19H2,1H3;13-16H,2-12,19H2,1H3;1H3,(H,3,4);1-2H. The minimum absolute atomic E-state index is 0.194. The second kappa shape index (κ2) is 68.7. The molecule has 0 spiro atoms. The Hall–Kier alpha value is -5.67. The van der Waals surface area contributed by atoms with E-state index in [4.69, 9.17) is 46.7 Å². The summed E-state index contributed by atoms with van der Waals surface area (Å²) in [5.74, 6) is -0.833. The molecule has 3 heterocycles. The highest BCUT2D eigenvalue weighted by atomic mass is 32.1. The number of aryl methyl sites for hydroxylation is 5. The summed E-state index contributed by atoms with van der Waals surface area (Å²) in [6.07, 6.45) is 76.0. The van der Waals surface area contributed by atoms with E-state index in [0.29, 0.717) is 5.13 Å². The number of nitrogen functional groups attached to an aromatic ring is 3. The van der Waals surface area contributed by atoms with E-state index < -0.39 is 5.97 Å². The maximum atomic E-state index is 9.00. The van der Waals surface area contributed by atoms with Crippen molar-refractivity contribution in [2.75, 3.05) is 17.2 Å². The van der Waals surface area contributed by atoms with Gasteiger partial charge in [-0.25, -0.2) is 15.0 Å². The molecule has 8 rings (SSSR count). The minimum atomic E-state index is -0.833. The van der Waals surface area contributed by atoms with E-state index in [1.807, 2.05) is 40.9 Å². The third kappa shape index (κ3) is 51.7. The SMILES string of the molecule is CC(=O)O.CCCCCCCCCCCCc1ccc(N)c(S)c1.CCCCCCCCCCCCc1ccc(N)cc1.CCCCCCCCCCCCc1ccc2nc(-c3nc4ccc(CCCCCCCCCCCC)cc4s3)sc2c1.CCCCCCCCCCCCc1ccc2nc(N)sc2c1.O=CC=O. The van der Waals surface area contributed by atoms with Crippen LogP contribution < -0.4 is 17.2 Å². The van der Waals surface area contributed by atoms with E-state index in [1.165, 1.54) is 389 Å². The second-order valence-electron chi connectivity index (χ2n) is 31.1. The summed E-state index contributed by atoms with van der Waals surface area (Å²) < 4.78 is 3.83. The minimum Gasteiger partial charge on any atom is -0.481 e. The number of carbonyl (C=O) groups excluding carboxylic acids is 2. The molecule has 10 nitrogen and oxygen atoms in total. The van der Waals surface area contributed by atoms with Crippen molar-refractivity contribution in [3.63, 3.8) is 0 Å². The monoisotopic (exact) mass is 1600 g/mol. The number of nitrogens with two attached hydrogens (primary N) is 3. The van der Waals surface area contributed by atoms with Crippen LogP contribution >= 0.6 is 46.6 Å². The van der Waals surface area contributed by atoms with Gasteiger partial charge in [0.1, 0.15) is 0 Å². The quantitative estimate of drug-likeness (QED) is 0.00807. The lowest BCUT2D eigenvalue weighted by Crippen LogP contribution is -1.91. The first-order valence-corrected chi connectivity index (χ1v) is 47.6. The first kappa shape index (κ1) is 99.5. The van der Waals surface area contributed by atoms with Crippen LogP contribution in [0.15, 0.2) is 102 Å². The maximum absolute atomic E-state index is 9.00. The molecule has 620 valence electrons. The molecular weight excluding hydrogens is 1440 g/mol. The number of carboxylic acids is 1. The molecule has 14 heteroatoms. The first-order chi connectivity index (χ1) is 54.3. The van der Waals surface area contributed by atoms with Crippen LogP contribution in [0.25, 0.3) is 40.7 Å². The van der Waals surface area contributed by atoms with Crippen LogP contribution in [0.3, 0.4) is 0 Å². The Morgan fingerprint density at radius 2 is 0.550 bits per heavy atom. The molecule has 5 aromatic carbocycles. The molecule has 8 aromatic rings. The summed E-state index contributed by atoms with van der Waals surface area (Å²) in [6, 6.07) is 34.9. The average Bonchev–Trinajstić information content (AvgIpc) is 1.64. The fourth-order valence-corrected chi connectivity index (χ4v) is 17.2. The van der Waals surface area contributed by atoms with E-state index >= 15 is 0 Å². The van der Waals surface area contributed by atoms with Crippen molar-refractivity contribution in [2.24, 2.45) is 0 Å². The van der Waals surface area contributed by atoms with Gasteiger partial charge in [0.25, 0.3) is 5.97 Å². The van der Waals surface area contributed by atoms with Crippen molar-refractivity contribution in [3.8, 4) is 10.0 Å². The fraction of sp³-hybridized carbons (Fsp3) is 0.629. The molecule has 0 aliphatic carbocycles. The highest BCUT2D eigenvalue weighted by Crippen LogP contribution is 2.37. The first-order valence-electron chi connectivity index (χ1n) is 44.7. The summed E-state index contributed by atoms with van der Waals surface area (Å²) in [5, 5.41) is 10.2. The number of hydrogen-bond donors (Lipinski definition) is 5. The van der Waals surface area contributed by atoms with Crippen LogP contribution in [0, 0.1) is 0 Å². The van der Waals surface area contributed by atoms with Gasteiger partial charge in [-0.1, -0.05) is 371 Å². The number of aldehydes is 2. The molecular formula is C97H154N6O4S4. The topological polar surface area (TPSA) is 188 Å². The predicted molar refractivity (Wildman–Crippen MR) is 494 cm³/mol. The summed E-state index contributed by atoms with van der Waals surface area (Å²) >= 11 is 9.57. The van der Waals surface area contributed by atoms with Crippen molar-refractivity contribution >= 4 is 112 Å². The van der Waals surface area contributed by atoms with Crippen LogP contribution in [0.1, 0.15) is 390 Å². The third-order valence-corrected chi connectivity index (χ3v) is 24.2. The largest absolute Gasteiger partial charge is 0.481 e. The molecule has 0 radical (unpaired) electrons. The summed E-state index contributed by atoms with van der Waals surface area (Å²) in [6.45, 7) is 12.5. The molecule has 0 unspecified atom stereocenters. The van der Waals surface area contributed by atoms with E-state index in [-0.39, 0.29) is 12.6 Å². The molecule has 0 saturated carbocycles. The molecule has 0 amide bonds. The lowest BCUT2D eigenvalue weighted by atomic mass is 10.0. The van der Waals surface area contributed by atoms with Crippen molar-refractivity contribution in [1.29, 1.82) is 0 Å². The zero-order chi connectivity index (χ0) is 80.3. The number of fused-ring (bicyclic) bond motifs is 3. The number of carboxylic acid groups (broad SMARTS) is 1. The number of carbonyl (C=O) groups is 3. The Kier molecular flexibility index (Phi) is 61.6. The van der Waals surface area contributed by atoms with E-state index in [9.17, 15) is 0 Å². The number of rotatable bonds is 57. The van der Waals surface area contributed by atoms with Crippen LogP contribution in [-0.4, -0.2) is 38.6 Å². The number of nitrogens with zero attached hydrogens (tertiary/aromatic N) is 3. The Morgan fingerprint density at radius 1 is 0.324 bits per heavy atom. The van der Waals surface area contributed by atoms with Crippen LogP contribution in [0.2, 0.25) is 0 Å². The van der Waals surface area contributed by atoms with Crippen LogP contribution in [0.5, 0.6) is 0 Å². The second-order valence-corrected chi connectivity index (χ2v) is 34.7. The molecule has 0 bridgehead atoms. The Morgan fingerprint density at radius 3 is 0.820 bits per heavy atom. The van der Waals surface area contributed by atoms with Crippen LogP contribution in [-0.2, 0) is 46.5 Å². The number of unbranched alkanes of at least 4 members (excludes halogenated alkanes) is 45. The zero-order valence-electron chi connectivity index (χ0n) is 70.7. The fourth-order valence-electron chi connectivity index (χ4n) is 14.1. The van der Waals surface area contributed by atoms with Gasteiger partial charge in [-0.3, -0.25) is 14.4 Å².